The Morgan fingerprint density at radius 3 is 2.48 bits per heavy atom. The number of nitriles is 1. The zero-order valence-electron chi connectivity index (χ0n) is 11.9. The molecule has 5 heteroatoms. The number of carbonyl (C=O) groups excluding carboxylic acids is 1. The molecule has 1 aliphatic heterocycles. The van der Waals surface area contributed by atoms with E-state index in [1.54, 1.807) is 24.3 Å². The van der Waals surface area contributed by atoms with Gasteiger partial charge in [0.2, 0.25) is 5.91 Å². The smallest absolute Gasteiger partial charge is 0.246 e. The number of carbonyl (C=O) groups is 1. The van der Waals surface area contributed by atoms with Crippen molar-refractivity contribution in [3.05, 3.63) is 41.5 Å². The Balaban J connectivity index is 1.86. The first-order valence-electron chi connectivity index (χ1n) is 7.03. The second kappa shape index (κ2) is 7.58. The lowest BCUT2D eigenvalue weighted by atomic mass is 10.1. The third-order valence-electron chi connectivity index (χ3n) is 3.56. The molecule has 0 aromatic heterocycles. The molecule has 1 N–H and O–H groups in total. The van der Waals surface area contributed by atoms with Crippen molar-refractivity contribution in [3.8, 4) is 6.07 Å². The standard InChI is InChI=1S/C16H19N3O2/c17-13-15-3-1-14(2-4-15)5-6-16(21)19-9-7-18(8-10-19)11-12-20/h1-6,20H,7-12H2/b6-5+. The van der Waals surface area contributed by atoms with Gasteiger partial charge in [0, 0.05) is 38.8 Å². The second-order valence-corrected chi connectivity index (χ2v) is 4.96. The number of hydrogen-bond donors (Lipinski definition) is 1. The van der Waals surface area contributed by atoms with Gasteiger partial charge in [-0.25, -0.2) is 0 Å². The molecule has 0 saturated carbocycles. The van der Waals surface area contributed by atoms with Gasteiger partial charge in [0.15, 0.2) is 0 Å². The van der Waals surface area contributed by atoms with Crippen LogP contribution in [0.3, 0.4) is 0 Å². The van der Waals surface area contributed by atoms with Crippen molar-refractivity contribution < 1.29 is 9.90 Å². The summed E-state index contributed by atoms with van der Waals surface area (Å²) in [6.07, 6.45) is 3.34. The van der Waals surface area contributed by atoms with Crippen LogP contribution in [0.5, 0.6) is 0 Å². The van der Waals surface area contributed by atoms with Crippen LogP contribution in [0.25, 0.3) is 6.08 Å². The van der Waals surface area contributed by atoms with Crippen molar-refractivity contribution in [2.45, 2.75) is 0 Å². The summed E-state index contributed by atoms with van der Waals surface area (Å²) >= 11 is 0. The highest BCUT2D eigenvalue weighted by molar-refractivity contribution is 5.91. The Kier molecular flexibility index (Phi) is 5.50. The first-order chi connectivity index (χ1) is 10.2. The maximum absolute atomic E-state index is 12.1. The van der Waals surface area contributed by atoms with E-state index < -0.39 is 0 Å². The van der Waals surface area contributed by atoms with E-state index in [0.29, 0.717) is 25.2 Å². The molecule has 1 saturated heterocycles. The molecule has 0 spiro atoms. The number of nitrogens with zero attached hydrogens (tertiary/aromatic N) is 3. The van der Waals surface area contributed by atoms with Gasteiger partial charge in [-0.1, -0.05) is 12.1 Å². The molecular formula is C16H19N3O2. The number of aliphatic hydroxyl groups is 1. The predicted molar refractivity (Wildman–Crippen MR) is 80.3 cm³/mol. The lowest BCUT2D eigenvalue weighted by Gasteiger charge is -2.33. The fourth-order valence-electron chi connectivity index (χ4n) is 2.27. The van der Waals surface area contributed by atoms with Crippen LogP contribution in [0, 0.1) is 11.3 Å². The van der Waals surface area contributed by atoms with Crippen molar-refractivity contribution in [2.75, 3.05) is 39.3 Å². The highest BCUT2D eigenvalue weighted by atomic mass is 16.3. The van der Waals surface area contributed by atoms with Crippen molar-refractivity contribution in [1.29, 1.82) is 5.26 Å². The molecule has 1 heterocycles. The molecule has 1 aromatic rings. The van der Waals surface area contributed by atoms with Crippen LogP contribution >= 0.6 is 0 Å². The first kappa shape index (κ1) is 15.2. The van der Waals surface area contributed by atoms with Gasteiger partial charge in [0.05, 0.1) is 18.2 Å². The number of amides is 1. The largest absolute Gasteiger partial charge is 0.395 e. The zero-order chi connectivity index (χ0) is 15.1. The number of aliphatic hydroxyl groups excluding tert-OH is 1. The van der Waals surface area contributed by atoms with Gasteiger partial charge in [0.1, 0.15) is 0 Å². The van der Waals surface area contributed by atoms with E-state index in [4.69, 9.17) is 10.4 Å². The molecule has 0 unspecified atom stereocenters. The summed E-state index contributed by atoms with van der Waals surface area (Å²) < 4.78 is 0. The van der Waals surface area contributed by atoms with Crippen LogP contribution in [0.15, 0.2) is 30.3 Å². The minimum absolute atomic E-state index is 0.00279. The molecule has 1 aromatic carbocycles. The quantitative estimate of drug-likeness (QED) is 0.827. The predicted octanol–water partition coefficient (Wildman–Crippen LogP) is 0.708. The molecule has 1 amide bonds. The van der Waals surface area contributed by atoms with E-state index in [-0.39, 0.29) is 12.5 Å². The molecule has 0 radical (unpaired) electrons. The zero-order valence-corrected chi connectivity index (χ0v) is 11.9. The Bertz CT molecular complexity index is 538. The Hall–Kier alpha value is -2.16. The summed E-state index contributed by atoms with van der Waals surface area (Å²) in [4.78, 5) is 16.0. The molecule has 110 valence electrons. The minimum Gasteiger partial charge on any atom is -0.395 e. The average molecular weight is 285 g/mol. The number of β-amino-alcohol motifs (C(OH)–C–C–N with tert-alkyl or cyclic N) is 1. The van der Waals surface area contributed by atoms with Crippen molar-refractivity contribution in [3.63, 3.8) is 0 Å². The van der Waals surface area contributed by atoms with Gasteiger partial charge < -0.3 is 10.0 Å². The highest BCUT2D eigenvalue weighted by Gasteiger charge is 2.18. The molecule has 21 heavy (non-hydrogen) atoms. The maximum atomic E-state index is 12.1. The first-order valence-corrected chi connectivity index (χ1v) is 7.03. The molecule has 1 aliphatic rings. The molecule has 0 bridgehead atoms. The van der Waals surface area contributed by atoms with E-state index in [2.05, 4.69) is 11.0 Å². The van der Waals surface area contributed by atoms with Crippen LogP contribution in [-0.2, 0) is 4.79 Å². The molecule has 0 aliphatic carbocycles. The van der Waals surface area contributed by atoms with Crippen LogP contribution in [0.2, 0.25) is 0 Å². The highest BCUT2D eigenvalue weighted by Crippen LogP contribution is 2.07. The molecule has 1 fully saturated rings. The van der Waals surface area contributed by atoms with Crippen LogP contribution in [-0.4, -0.2) is 60.1 Å². The van der Waals surface area contributed by atoms with E-state index in [1.165, 1.54) is 0 Å². The number of piperazine rings is 1. The van der Waals surface area contributed by atoms with Gasteiger partial charge in [0.25, 0.3) is 0 Å². The van der Waals surface area contributed by atoms with E-state index >= 15 is 0 Å². The Labute approximate surface area is 124 Å². The van der Waals surface area contributed by atoms with Gasteiger partial charge in [-0.3, -0.25) is 9.69 Å². The molecule has 0 atom stereocenters. The topological polar surface area (TPSA) is 67.6 Å². The normalized spacial score (nSPS) is 16.1. The van der Waals surface area contributed by atoms with Crippen molar-refractivity contribution in [2.24, 2.45) is 0 Å². The second-order valence-electron chi connectivity index (χ2n) is 4.96. The van der Waals surface area contributed by atoms with Gasteiger partial charge in [-0.15, -0.1) is 0 Å². The monoisotopic (exact) mass is 285 g/mol. The van der Waals surface area contributed by atoms with Crippen molar-refractivity contribution in [1.82, 2.24) is 9.80 Å². The summed E-state index contributed by atoms with van der Waals surface area (Å²) in [6, 6.07) is 9.17. The fourth-order valence-corrected chi connectivity index (χ4v) is 2.27. The SMILES string of the molecule is N#Cc1ccc(/C=C/C(=O)N2CCN(CCO)CC2)cc1. The number of benzene rings is 1. The Morgan fingerprint density at radius 2 is 1.90 bits per heavy atom. The minimum atomic E-state index is 0.00279. The molecule has 2 rings (SSSR count). The van der Waals surface area contributed by atoms with Crippen LogP contribution < -0.4 is 0 Å². The van der Waals surface area contributed by atoms with Crippen LogP contribution in [0.4, 0.5) is 0 Å². The van der Waals surface area contributed by atoms with Gasteiger partial charge in [-0.2, -0.15) is 5.26 Å². The summed E-state index contributed by atoms with van der Waals surface area (Å²) in [7, 11) is 0. The Morgan fingerprint density at radius 1 is 1.24 bits per heavy atom. The maximum Gasteiger partial charge on any atom is 0.246 e. The molecular weight excluding hydrogens is 266 g/mol. The third-order valence-corrected chi connectivity index (χ3v) is 3.56. The van der Waals surface area contributed by atoms with E-state index in [9.17, 15) is 4.79 Å². The van der Waals surface area contributed by atoms with Crippen LogP contribution in [0.1, 0.15) is 11.1 Å². The molecule has 5 nitrogen and oxygen atoms in total. The lowest BCUT2D eigenvalue weighted by Crippen LogP contribution is -2.48. The fraction of sp³-hybridized carbons (Fsp3) is 0.375. The van der Waals surface area contributed by atoms with E-state index in [0.717, 1.165) is 18.7 Å². The summed E-state index contributed by atoms with van der Waals surface area (Å²) in [5.41, 5.74) is 1.51. The average Bonchev–Trinajstić information content (AvgIpc) is 2.54. The summed E-state index contributed by atoms with van der Waals surface area (Å²) in [5, 5.41) is 17.6. The van der Waals surface area contributed by atoms with E-state index in [1.807, 2.05) is 17.0 Å². The van der Waals surface area contributed by atoms with Gasteiger partial charge in [-0.05, 0) is 23.8 Å². The van der Waals surface area contributed by atoms with Gasteiger partial charge >= 0.3 is 0 Å². The third kappa shape index (κ3) is 4.42. The summed E-state index contributed by atoms with van der Waals surface area (Å²) in [5.74, 6) is 0.00279. The number of rotatable bonds is 4. The number of hydrogen-bond acceptors (Lipinski definition) is 4. The van der Waals surface area contributed by atoms with Crippen molar-refractivity contribution >= 4 is 12.0 Å². The lowest BCUT2D eigenvalue weighted by molar-refractivity contribution is -0.127. The summed E-state index contributed by atoms with van der Waals surface area (Å²) in [6.45, 7) is 3.82.